The van der Waals surface area contributed by atoms with Gasteiger partial charge in [0.25, 0.3) is 5.91 Å². The Morgan fingerprint density at radius 3 is 2.41 bits per heavy atom. The first-order valence-corrected chi connectivity index (χ1v) is 13.2. The predicted molar refractivity (Wildman–Crippen MR) is 144 cm³/mol. The molecule has 1 fully saturated rings. The number of aliphatic hydroxyl groups is 1. The van der Waals surface area contributed by atoms with Crippen molar-refractivity contribution in [1.29, 1.82) is 0 Å². The standard InChI is InChI=1S/C26H37F2N5O3S/c1-15(2)37-33(5)25-8-17(7-24(31-25)32(4)13-18-6-16(18)3)26(35)30-22(23(34)12-29)14-36-21-10-19(27)9-20(28)11-21/h7-11,15-16,18,22-23,34H,6,12-14,29H2,1-5H3,(H,30,35)/t16-,18+,22-,23+/m0/s1. The van der Waals surface area contributed by atoms with Crippen LogP contribution in [0.1, 0.15) is 37.6 Å². The number of anilines is 2. The molecule has 0 spiro atoms. The summed E-state index contributed by atoms with van der Waals surface area (Å²) in [5.74, 6) is 0.479. The van der Waals surface area contributed by atoms with Crippen molar-refractivity contribution in [2.45, 2.75) is 44.6 Å². The van der Waals surface area contributed by atoms with Gasteiger partial charge >= 0.3 is 0 Å². The van der Waals surface area contributed by atoms with Crippen LogP contribution in [-0.4, -0.2) is 67.2 Å². The Balaban J connectivity index is 1.81. The molecule has 4 atom stereocenters. The van der Waals surface area contributed by atoms with E-state index in [1.165, 1.54) is 6.42 Å². The highest BCUT2D eigenvalue weighted by Crippen LogP contribution is 2.38. The van der Waals surface area contributed by atoms with Crippen LogP contribution in [0.25, 0.3) is 0 Å². The number of nitrogens with two attached hydrogens (primary N) is 1. The lowest BCUT2D eigenvalue weighted by molar-refractivity contribution is 0.0759. The molecule has 0 saturated heterocycles. The Bertz CT molecular complexity index is 1060. The summed E-state index contributed by atoms with van der Waals surface area (Å²) in [5.41, 5.74) is 6.00. The monoisotopic (exact) mass is 537 g/mol. The second-order valence-corrected chi connectivity index (χ2v) is 11.6. The van der Waals surface area contributed by atoms with E-state index in [0.29, 0.717) is 34.3 Å². The first kappa shape index (κ1) is 28.9. The SMILES string of the molecule is CC(C)SN(C)c1cc(C(=O)N[C@@H](COc2cc(F)cc(F)c2)[C@H](O)CN)cc(N(C)C[C@H]2C[C@@H]2C)n1. The summed E-state index contributed by atoms with van der Waals surface area (Å²) in [6, 6.07) is 5.27. The number of nitrogens with zero attached hydrogens (tertiary/aromatic N) is 3. The van der Waals surface area contributed by atoms with Gasteiger partial charge < -0.3 is 30.1 Å². The van der Waals surface area contributed by atoms with Gasteiger partial charge in [-0.05, 0) is 42.3 Å². The van der Waals surface area contributed by atoms with Gasteiger partial charge in [0.05, 0.1) is 12.1 Å². The van der Waals surface area contributed by atoms with Gasteiger partial charge in [-0.15, -0.1) is 0 Å². The van der Waals surface area contributed by atoms with Gasteiger partial charge in [0.15, 0.2) is 0 Å². The highest BCUT2D eigenvalue weighted by Gasteiger charge is 2.33. The molecule has 1 aliphatic carbocycles. The first-order valence-electron chi connectivity index (χ1n) is 12.4. The van der Waals surface area contributed by atoms with E-state index in [1.54, 1.807) is 24.1 Å². The van der Waals surface area contributed by atoms with E-state index in [9.17, 15) is 18.7 Å². The summed E-state index contributed by atoms with van der Waals surface area (Å²) in [5, 5.41) is 13.5. The number of benzene rings is 1. The third-order valence-electron chi connectivity index (χ3n) is 6.22. The van der Waals surface area contributed by atoms with Crippen molar-refractivity contribution in [3.8, 4) is 5.75 Å². The molecule has 2 aromatic rings. The average Bonchev–Trinajstić information content (AvgIpc) is 3.53. The number of rotatable bonds is 13. The van der Waals surface area contributed by atoms with Gasteiger partial charge in [-0.2, -0.15) is 0 Å². The molecule has 0 aliphatic heterocycles. The minimum absolute atomic E-state index is 0.0577. The molecule has 0 bridgehead atoms. The Morgan fingerprint density at radius 1 is 1.22 bits per heavy atom. The summed E-state index contributed by atoms with van der Waals surface area (Å²) in [6.07, 6.45) is 0.0373. The number of pyridine rings is 1. The van der Waals surface area contributed by atoms with Crippen molar-refractivity contribution in [2.24, 2.45) is 17.6 Å². The Labute approximate surface area is 221 Å². The van der Waals surface area contributed by atoms with Gasteiger partial charge in [-0.25, -0.2) is 13.8 Å². The van der Waals surface area contributed by atoms with E-state index >= 15 is 0 Å². The fourth-order valence-corrected chi connectivity index (χ4v) is 4.76. The second-order valence-electron chi connectivity index (χ2n) is 9.88. The molecule has 37 heavy (non-hydrogen) atoms. The molecule has 11 heteroatoms. The summed E-state index contributed by atoms with van der Waals surface area (Å²) in [4.78, 5) is 20.2. The van der Waals surface area contributed by atoms with Crippen LogP contribution in [-0.2, 0) is 0 Å². The number of carbonyl (C=O) groups excluding carboxylic acids is 1. The van der Waals surface area contributed by atoms with Crippen LogP contribution in [0.4, 0.5) is 20.4 Å². The summed E-state index contributed by atoms with van der Waals surface area (Å²) in [6.45, 7) is 6.82. The van der Waals surface area contributed by atoms with Crippen molar-refractivity contribution >= 4 is 29.5 Å². The summed E-state index contributed by atoms with van der Waals surface area (Å²) in [7, 11) is 3.86. The minimum atomic E-state index is -1.14. The van der Waals surface area contributed by atoms with Gasteiger partial charge in [0.1, 0.15) is 35.6 Å². The zero-order valence-corrected chi connectivity index (χ0v) is 22.8. The lowest BCUT2D eigenvalue weighted by Crippen LogP contribution is -2.50. The van der Waals surface area contributed by atoms with Gasteiger partial charge in [-0.3, -0.25) is 4.79 Å². The van der Waals surface area contributed by atoms with Crippen molar-refractivity contribution < 1.29 is 23.4 Å². The van der Waals surface area contributed by atoms with Crippen LogP contribution >= 0.6 is 11.9 Å². The number of carbonyl (C=O) groups is 1. The molecule has 1 amide bonds. The minimum Gasteiger partial charge on any atom is -0.491 e. The Hall–Kier alpha value is -2.63. The largest absolute Gasteiger partial charge is 0.491 e. The van der Waals surface area contributed by atoms with Crippen LogP contribution in [0.15, 0.2) is 30.3 Å². The topological polar surface area (TPSA) is 104 Å². The van der Waals surface area contributed by atoms with E-state index in [2.05, 4.69) is 31.0 Å². The first-order chi connectivity index (χ1) is 17.5. The fraction of sp³-hybridized carbons (Fsp3) is 0.538. The van der Waals surface area contributed by atoms with Crippen molar-refractivity contribution in [1.82, 2.24) is 10.3 Å². The number of hydrogen-bond donors (Lipinski definition) is 3. The molecule has 0 unspecified atom stereocenters. The van der Waals surface area contributed by atoms with Crippen LogP contribution in [0.2, 0.25) is 0 Å². The van der Waals surface area contributed by atoms with E-state index < -0.39 is 29.7 Å². The molecule has 1 saturated carbocycles. The molecule has 3 rings (SSSR count). The maximum absolute atomic E-state index is 13.5. The molecule has 1 aromatic carbocycles. The van der Waals surface area contributed by atoms with E-state index in [0.717, 1.165) is 24.7 Å². The van der Waals surface area contributed by atoms with E-state index in [1.807, 2.05) is 18.4 Å². The van der Waals surface area contributed by atoms with Crippen molar-refractivity contribution in [3.63, 3.8) is 0 Å². The second kappa shape index (κ2) is 12.7. The van der Waals surface area contributed by atoms with Crippen LogP contribution in [0.5, 0.6) is 5.75 Å². The number of ether oxygens (including phenoxy) is 1. The fourth-order valence-electron chi connectivity index (χ4n) is 3.92. The zero-order valence-electron chi connectivity index (χ0n) is 21.9. The van der Waals surface area contributed by atoms with Crippen LogP contribution in [0.3, 0.4) is 0 Å². The third kappa shape index (κ3) is 8.44. The Morgan fingerprint density at radius 2 is 1.84 bits per heavy atom. The normalized spacial score (nSPS) is 18.3. The molecule has 1 aliphatic rings. The molecule has 4 N–H and O–H groups in total. The lowest BCUT2D eigenvalue weighted by atomic mass is 10.1. The number of halogens is 2. The van der Waals surface area contributed by atoms with Gasteiger partial charge in [0, 0.05) is 56.2 Å². The number of aromatic nitrogens is 1. The average molecular weight is 538 g/mol. The summed E-state index contributed by atoms with van der Waals surface area (Å²) >= 11 is 1.59. The predicted octanol–water partition coefficient (Wildman–Crippen LogP) is 3.44. The number of nitrogens with one attached hydrogen (secondary N) is 1. The summed E-state index contributed by atoms with van der Waals surface area (Å²) < 4.78 is 34.4. The third-order valence-corrected chi connectivity index (χ3v) is 7.14. The van der Waals surface area contributed by atoms with Crippen molar-refractivity contribution in [2.75, 3.05) is 43.0 Å². The smallest absolute Gasteiger partial charge is 0.251 e. The molecule has 0 radical (unpaired) electrons. The molecule has 1 heterocycles. The van der Waals surface area contributed by atoms with E-state index in [4.69, 9.17) is 15.5 Å². The van der Waals surface area contributed by atoms with Gasteiger partial charge in [-0.1, -0.05) is 20.8 Å². The maximum atomic E-state index is 13.5. The molecule has 204 valence electrons. The van der Waals surface area contributed by atoms with Crippen LogP contribution in [0, 0.1) is 23.5 Å². The quantitative estimate of drug-likeness (QED) is 0.334. The highest BCUT2D eigenvalue weighted by atomic mass is 32.2. The molecule has 1 aromatic heterocycles. The Kier molecular flexibility index (Phi) is 9.97. The maximum Gasteiger partial charge on any atom is 0.251 e. The molecular formula is C26H37F2N5O3S. The van der Waals surface area contributed by atoms with Gasteiger partial charge in [0.2, 0.25) is 0 Å². The highest BCUT2D eigenvalue weighted by molar-refractivity contribution is 8.01. The van der Waals surface area contributed by atoms with E-state index in [-0.39, 0.29) is 18.9 Å². The molecule has 8 nitrogen and oxygen atoms in total. The van der Waals surface area contributed by atoms with Crippen molar-refractivity contribution in [3.05, 3.63) is 47.5 Å². The number of aliphatic hydroxyl groups excluding tert-OH is 1. The lowest BCUT2D eigenvalue weighted by Gasteiger charge is -2.26. The van der Waals surface area contributed by atoms with Crippen LogP contribution < -0.4 is 25.0 Å². The zero-order chi connectivity index (χ0) is 27.3. The molecular weight excluding hydrogens is 500 g/mol. The number of hydrogen-bond acceptors (Lipinski definition) is 8. The number of amides is 1.